The minimum absolute atomic E-state index is 0.235. The highest BCUT2D eigenvalue weighted by molar-refractivity contribution is 6.03. The standard InChI is InChI=1S/C16H16N4O2/c1-10-4-6-12(7-5-10)15-8-13(19-22-15)16(21)18-14-9-17-20(3)11(14)2/h4-9H,1-3H3,(H,18,21). The number of nitrogens with one attached hydrogen (secondary N) is 1. The van der Waals surface area contributed by atoms with Crippen molar-refractivity contribution in [2.24, 2.45) is 7.05 Å². The van der Waals surface area contributed by atoms with E-state index in [2.05, 4.69) is 15.6 Å². The van der Waals surface area contributed by atoms with Gasteiger partial charge in [-0.1, -0.05) is 35.0 Å². The summed E-state index contributed by atoms with van der Waals surface area (Å²) in [7, 11) is 1.82. The van der Waals surface area contributed by atoms with Gasteiger partial charge in [0.2, 0.25) is 0 Å². The van der Waals surface area contributed by atoms with E-state index in [4.69, 9.17) is 4.52 Å². The topological polar surface area (TPSA) is 73.0 Å². The maximum atomic E-state index is 12.2. The van der Waals surface area contributed by atoms with E-state index in [-0.39, 0.29) is 11.6 Å². The summed E-state index contributed by atoms with van der Waals surface area (Å²) in [6.45, 7) is 3.89. The van der Waals surface area contributed by atoms with E-state index in [9.17, 15) is 4.79 Å². The van der Waals surface area contributed by atoms with Gasteiger partial charge in [0.15, 0.2) is 11.5 Å². The molecule has 6 heteroatoms. The fraction of sp³-hybridized carbons (Fsp3) is 0.188. The lowest BCUT2D eigenvalue weighted by Gasteiger charge is -2.01. The second kappa shape index (κ2) is 5.48. The molecular weight excluding hydrogens is 280 g/mol. The van der Waals surface area contributed by atoms with Crippen molar-refractivity contribution in [1.29, 1.82) is 0 Å². The molecule has 0 saturated carbocycles. The van der Waals surface area contributed by atoms with Crippen molar-refractivity contribution in [3.8, 4) is 11.3 Å². The van der Waals surface area contributed by atoms with Crippen molar-refractivity contribution in [3.05, 3.63) is 53.5 Å². The summed E-state index contributed by atoms with van der Waals surface area (Å²) < 4.78 is 6.94. The Balaban J connectivity index is 1.80. The molecule has 1 aromatic carbocycles. The van der Waals surface area contributed by atoms with Gasteiger partial charge in [-0.05, 0) is 13.8 Å². The molecule has 0 aliphatic heterocycles. The molecule has 0 bridgehead atoms. The molecule has 0 fully saturated rings. The van der Waals surface area contributed by atoms with Gasteiger partial charge in [0.1, 0.15) is 0 Å². The average molecular weight is 296 g/mol. The molecule has 0 aliphatic rings. The predicted octanol–water partition coefficient (Wildman–Crippen LogP) is 2.94. The fourth-order valence-corrected chi connectivity index (χ4v) is 2.04. The molecule has 0 radical (unpaired) electrons. The highest BCUT2D eigenvalue weighted by Gasteiger charge is 2.15. The number of carbonyl (C=O) groups is 1. The number of aryl methyl sites for hydroxylation is 2. The van der Waals surface area contributed by atoms with Crippen molar-refractivity contribution in [2.75, 3.05) is 5.32 Å². The first-order valence-electron chi connectivity index (χ1n) is 6.88. The molecule has 3 rings (SSSR count). The Morgan fingerprint density at radius 2 is 1.95 bits per heavy atom. The maximum absolute atomic E-state index is 12.2. The number of anilines is 1. The van der Waals surface area contributed by atoms with Crippen LogP contribution in [0.25, 0.3) is 11.3 Å². The van der Waals surface area contributed by atoms with Crippen LogP contribution in [0.3, 0.4) is 0 Å². The Morgan fingerprint density at radius 3 is 2.59 bits per heavy atom. The number of hydrogen-bond donors (Lipinski definition) is 1. The molecule has 112 valence electrons. The van der Waals surface area contributed by atoms with Crippen molar-refractivity contribution in [1.82, 2.24) is 14.9 Å². The second-order valence-electron chi connectivity index (χ2n) is 5.16. The zero-order valence-corrected chi connectivity index (χ0v) is 12.6. The van der Waals surface area contributed by atoms with E-state index in [1.807, 2.05) is 45.2 Å². The van der Waals surface area contributed by atoms with E-state index in [1.165, 1.54) is 0 Å². The molecule has 0 saturated heterocycles. The van der Waals surface area contributed by atoms with Gasteiger partial charge >= 0.3 is 0 Å². The van der Waals surface area contributed by atoms with Crippen LogP contribution in [0, 0.1) is 13.8 Å². The molecule has 2 heterocycles. The van der Waals surface area contributed by atoms with Gasteiger partial charge in [0.05, 0.1) is 17.6 Å². The van der Waals surface area contributed by atoms with Crippen molar-refractivity contribution < 1.29 is 9.32 Å². The van der Waals surface area contributed by atoms with Gasteiger partial charge in [-0.3, -0.25) is 9.48 Å². The van der Waals surface area contributed by atoms with Crippen molar-refractivity contribution >= 4 is 11.6 Å². The van der Waals surface area contributed by atoms with E-state index in [0.29, 0.717) is 11.4 Å². The zero-order chi connectivity index (χ0) is 15.7. The number of carbonyl (C=O) groups excluding carboxylic acids is 1. The smallest absolute Gasteiger partial charge is 0.277 e. The van der Waals surface area contributed by atoms with E-state index in [1.54, 1.807) is 16.9 Å². The molecule has 1 N–H and O–H groups in total. The Labute approximate surface area is 127 Å². The summed E-state index contributed by atoms with van der Waals surface area (Å²) in [5.74, 6) is 0.242. The van der Waals surface area contributed by atoms with Crippen LogP contribution >= 0.6 is 0 Å². The lowest BCUT2D eigenvalue weighted by Crippen LogP contribution is -2.12. The molecule has 0 spiro atoms. The van der Waals surface area contributed by atoms with Gasteiger partial charge in [0, 0.05) is 18.7 Å². The van der Waals surface area contributed by atoms with Gasteiger partial charge in [-0.15, -0.1) is 0 Å². The molecule has 0 atom stereocenters. The summed E-state index contributed by atoms with van der Waals surface area (Å²) in [6.07, 6.45) is 1.61. The van der Waals surface area contributed by atoms with Crippen molar-refractivity contribution in [2.45, 2.75) is 13.8 Å². The summed E-state index contributed by atoms with van der Waals surface area (Å²) in [6, 6.07) is 9.46. The lowest BCUT2D eigenvalue weighted by molar-refractivity contribution is 0.101. The second-order valence-corrected chi connectivity index (χ2v) is 5.16. The number of rotatable bonds is 3. The fourth-order valence-electron chi connectivity index (χ4n) is 2.04. The monoisotopic (exact) mass is 296 g/mol. The first-order valence-corrected chi connectivity index (χ1v) is 6.88. The van der Waals surface area contributed by atoms with Gasteiger partial charge in [-0.25, -0.2) is 0 Å². The summed E-state index contributed by atoms with van der Waals surface area (Å²) in [4.78, 5) is 12.2. The lowest BCUT2D eigenvalue weighted by atomic mass is 10.1. The van der Waals surface area contributed by atoms with Crippen LogP contribution in [0.1, 0.15) is 21.7 Å². The van der Waals surface area contributed by atoms with E-state index in [0.717, 1.165) is 16.8 Å². The molecule has 0 unspecified atom stereocenters. The van der Waals surface area contributed by atoms with Crippen LogP contribution in [0.5, 0.6) is 0 Å². The highest BCUT2D eigenvalue weighted by atomic mass is 16.5. The summed E-state index contributed by atoms with van der Waals surface area (Å²) in [5.41, 5.74) is 3.81. The SMILES string of the molecule is Cc1ccc(-c2cc(C(=O)Nc3cnn(C)c3C)no2)cc1. The average Bonchev–Trinajstić information content (AvgIpc) is 3.11. The Hall–Kier alpha value is -2.89. The van der Waals surface area contributed by atoms with Gasteiger partial charge in [0.25, 0.3) is 5.91 Å². The number of benzene rings is 1. The van der Waals surface area contributed by atoms with Gasteiger partial charge < -0.3 is 9.84 Å². The Kier molecular flexibility index (Phi) is 3.50. The Morgan fingerprint density at radius 1 is 1.23 bits per heavy atom. The van der Waals surface area contributed by atoms with Crippen LogP contribution in [0.4, 0.5) is 5.69 Å². The first-order chi connectivity index (χ1) is 10.5. The van der Waals surface area contributed by atoms with Crippen LogP contribution in [0.2, 0.25) is 0 Å². The third-order valence-corrected chi connectivity index (χ3v) is 3.56. The third-order valence-electron chi connectivity index (χ3n) is 3.56. The molecular formula is C16H16N4O2. The van der Waals surface area contributed by atoms with Crippen LogP contribution in [0.15, 0.2) is 41.1 Å². The maximum Gasteiger partial charge on any atom is 0.277 e. The molecule has 3 aromatic rings. The number of amides is 1. The van der Waals surface area contributed by atoms with Crippen LogP contribution < -0.4 is 5.32 Å². The third kappa shape index (κ3) is 2.63. The van der Waals surface area contributed by atoms with E-state index < -0.39 is 0 Å². The normalized spacial score (nSPS) is 10.7. The first kappa shape index (κ1) is 14.1. The van der Waals surface area contributed by atoms with E-state index >= 15 is 0 Å². The highest BCUT2D eigenvalue weighted by Crippen LogP contribution is 2.21. The molecule has 0 aliphatic carbocycles. The van der Waals surface area contributed by atoms with Crippen LogP contribution in [-0.4, -0.2) is 20.8 Å². The quantitative estimate of drug-likeness (QED) is 0.806. The predicted molar refractivity (Wildman–Crippen MR) is 82.6 cm³/mol. The number of nitrogens with zero attached hydrogens (tertiary/aromatic N) is 3. The molecule has 6 nitrogen and oxygen atoms in total. The number of hydrogen-bond acceptors (Lipinski definition) is 4. The minimum Gasteiger partial charge on any atom is -0.355 e. The van der Waals surface area contributed by atoms with Gasteiger partial charge in [-0.2, -0.15) is 5.10 Å². The summed E-state index contributed by atoms with van der Waals surface area (Å²) in [5, 5.41) is 10.7. The largest absolute Gasteiger partial charge is 0.355 e. The number of aromatic nitrogens is 3. The minimum atomic E-state index is -0.321. The summed E-state index contributed by atoms with van der Waals surface area (Å²) >= 11 is 0. The molecule has 2 aromatic heterocycles. The molecule has 1 amide bonds. The van der Waals surface area contributed by atoms with Crippen molar-refractivity contribution in [3.63, 3.8) is 0 Å². The van der Waals surface area contributed by atoms with Crippen LogP contribution in [-0.2, 0) is 7.05 Å². The Bertz CT molecular complexity index is 815. The molecule has 22 heavy (non-hydrogen) atoms. The zero-order valence-electron chi connectivity index (χ0n) is 12.6.